The second-order valence-corrected chi connectivity index (χ2v) is 17.9. The average molecular weight is 711 g/mol. The number of esters is 3. The van der Waals surface area contributed by atoms with Crippen molar-refractivity contribution >= 4 is 17.9 Å². The Labute approximate surface area is 304 Å². The molecule has 9 heteroatoms. The summed E-state index contributed by atoms with van der Waals surface area (Å²) < 4.78 is 17.7. The average Bonchev–Trinajstić information content (AvgIpc) is 3.05. The molecular weight excluding hydrogens is 648 g/mol. The lowest BCUT2D eigenvalue weighted by Crippen LogP contribution is -2.72. The van der Waals surface area contributed by atoms with E-state index < -0.39 is 64.0 Å². The molecule has 0 aliphatic heterocycles. The molecule has 0 amide bonds. The Kier molecular flexibility index (Phi) is 10.8. The van der Waals surface area contributed by atoms with Crippen LogP contribution in [0.1, 0.15) is 107 Å². The van der Waals surface area contributed by atoms with E-state index in [2.05, 4.69) is 33.8 Å². The third-order valence-corrected chi connectivity index (χ3v) is 15.0. The molecule has 0 bridgehead atoms. The fraction of sp³-hybridized carbons (Fsp3) is 0.738. The summed E-state index contributed by atoms with van der Waals surface area (Å²) in [7, 11) is 0. The number of carbonyl (C=O) groups excluding carboxylic acids is 3. The van der Waals surface area contributed by atoms with E-state index in [4.69, 9.17) is 14.2 Å². The number of hydrogen-bond acceptors (Lipinski definition) is 9. The maximum Gasteiger partial charge on any atom is 0.330 e. The van der Waals surface area contributed by atoms with E-state index in [0.29, 0.717) is 19.3 Å². The molecule has 12 atom stereocenters. The standard InChI is InChI=1S/C42H62O9/c1-10-13-32(44)49-24-39(7)28-18-21-40(8)29(38(28,6)20-19-31(39)51-34(46)15-12-3)17-16-26-27-22-37(4,5)35(47)36(48)42(27,25-50-33(45)14-11-2)30(43)23-41(26,40)9/h10-16,27-31,35-36,43,47-48H,17-25H2,1-9H3/b13-10+,14-11+,15-12+/t27?,28?,29?,30-,31+,35+,36+,38+,39-,40-,41-,42+/m1/s1. The number of aliphatic hydroxyl groups excluding tert-OH is 3. The molecule has 0 spiro atoms. The zero-order valence-electron chi connectivity index (χ0n) is 32.2. The van der Waals surface area contributed by atoms with Crippen LogP contribution in [0.15, 0.2) is 48.1 Å². The second kappa shape index (κ2) is 13.9. The van der Waals surface area contributed by atoms with E-state index in [9.17, 15) is 29.7 Å². The maximum atomic E-state index is 12.8. The van der Waals surface area contributed by atoms with Gasteiger partial charge in [-0.1, -0.05) is 71.4 Å². The summed E-state index contributed by atoms with van der Waals surface area (Å²) in [5.41, 5.74) is -2.24. The van der Waals surface area contributed by atoms with Crippen LogP contribution in [0.5, 0.6) is 0 Å². The highest BCUT2D eigenvalue weighted by molar-refractivity contribution is 5.82. The van der Waals surface area contributed by atoms with Crippen molar-refractivity contribution in [3.63, 3.8) is 0 Å². The van der Waals surface area contributed by atoms with Gasteiger partial charge < -0.3 is 29.5 Å². The van der Waals surface area contributed by atoms with Gasteiger partial charge in [-0.05, 0) is 105 Å². The van der Waals surface area contributed by atoms with Crippen molar-refractivity contribution < 1.29 is 43.9 Å². The van der Waals surface area contributed by atoms with Crippen molar-refractivity contribution in [2.75, 3.05) is 13.2 Å². The second-order valence-electron chi connectivity index (χ2n) is 17.9. The van der Waals surface area contributed by atoms with Crippen LogP contribution in [0, 0.1) is 50.2 Å². The number of allylic oxidation sites excluding steroid dienone is 5. The molecule has 4 saturated carbocycles. The van der Waals surface area contributed by atoms with Crippen molar-refractivity contribution in [2.24, 2.45) is 50.2 Å². The van der Waals surface area contributed by atoms with Crippen LogP contribution in [0.2, 0.25) is 0 Å². The quantitative estimate of drug-likeness (QED) is 0.113. The van der Waals surface area contributed by atoms with Gasteiger partial charge in [0.15, 0.2) is 0 Å². The molecule has 0 saturated heterocycles. The largest absolute Gasteiger partial charge is 0.462 e. The van der Waals surface area contributed by atoms with Gasteiger partial charge in [-0.25, -0.2) is 14.4 Å². The molecule has 5 aliphatic carbocycles. The first-order valence-corrected chi connectivity index (χ1v) is 19.0. The van der Waals surface area contributed by atoms with Crippen molar-refractivity contribution in [2.45, 2.75) is 132 Å². The Balaban J connectivity index is 1.57. The molecule has 5 rings (SSSR count). The third kappa shape index (κ3) is 6.07. The van der Waals surface area contributed by atoms with Gasteiger partial charge in [-0.2, -0.15) is 0 Å². The Morgan fingerprint density at radius 1 is 0.765 bits per heavy atom. The predicted octanol–water partition coefficient (Wildman–Crippen LogP) is 6.41. The lowest BCUT2D eigenvalue weighted by Gasteiger charge is -2.72. The zero-order chi connectivity index (χ0) is 37.8. The van der Waals surface area contributed by atoms with Crippen molar-refractivity contribution in [1.82, 2.24) is 0 Å². The third-order valence-electron chi connectivity index (χ3n) is 15.0. The summed E-state index contributed by atoms with van der Waals surface area (Å²) in [5.74, 6) is -1.38. The lowest BCUT2D eigenvalue weighted by molar-refractivity contribution is -0.261. The van der Waals surface area contributed by atoms with E-state index >= 15 is 0 Å². The minimum absolute atomic E-state index is 0.0846. The van der Waals surface area contributed by atoms with Gasteiger partial charge in [-0.3, -0.25) is 0 Å². The number of fused-ring (bicyclic) bond motifs is 7. The van der Waals surface area contributed by atoms with Crippen LogP contribution in [0.4, 0.5) is 0 Å². The molecule has 9 nitrogen and oxygen atoms in total. The first kappa shape index (κ1) is 39.5. The van der Waals surface area contributed by atoms with Crippen molar-refractivity contribution in [3.05, 3.63) is 48.1 Å². The lowest BCUT2D eigenvalue weighted by atomic mass is 9.33. The van der Waals surface area contributed by atoms with Gasteiger partial charge in [0.05, 0.1) is 23.7 Å². The molecule has 51 heavy (non-hydrogen) atoms. The minimum atomic E-state index is -1.30. The first-order chi connectivity index (χ1) is 23.8. The zero-order valence-corrected chi connectivity index (χ0v) is 32.2. The molecular formula is C42H62O9. The molecule has 3 N–H and O–H groups in total. The summed E-state index contributed by atoms with van der Waals surface area (Å²) in [6.45, 7) is 18.3. The predicted molar refractivity (Wildman–Crippen MR) is 194 cm³/mol. The fourth-order valence-electron chi connectivity index (χ4n) is 12.2. The normalized spacial score (nSPS) is 44.5. The van der Waals surface area contributed by atoms with Crippen LogP contribution in [-0.4, -0.2) is 70.9 Å². The van der Waals surface area contributed by atoms with E-state index in [1.54, 1.807) is 39.0 Å². The van der Waals surface area contributed by atoms with Gasteiger partial charge in [-0.15, -0.1) is 0 Å². The molecule has 0 radical (unpaired) electrons. The molecule has 0 heterocycles. The van der Waals surface area contributed by atoms with Crippen LogP contribution < -0.4 is 0 Å². The Hall–Kier alpha value is -2.75. The van der Waals surface area contributed by atoms with Gasteiger partial charge in [0.1, 0.15) is 19.3 Å². The van der Waals surface area contributed by atoms with E-state index in [1.165, 1.54) is 23.8 Å². The van der Waals surface area contributed by atoms with Gasteiger partial charge in [0, 0.05) is 23.6 Å². The summed E-state index contributed by atoms with van der Waals surface area (Å²) in [5, 5.41) is 35.7. The Morgan fingerprint density at radius 3 is 1.96 bits per heavy atom. The highest BCUT2D eigenvalue weighted by atomic mass is 16.6. The van der Waals surface area contributed by atoms with E-state index in [-0.39, 0.29) is 41.8 Å². The fourth-order valence-corrected chi connectivity index (χ4v) is 12.2. The smallest absolute Gasteiger partial charge is 0.330 e. The molecule has 5 aliphatic rings. The number of rotatable bonds is 8. The summed E-state index contributed by atoms with van der Waals surface area (Å²) in [4.78, 5) is 38.0. The Morgan fingerprint density at radius 2 is 1.35 bits per heavy atom. The van der Waals surface area contributed by atoms with E-state index in [1.807, 2.05) is 13.8 Å². The summed E-state index contributed by atoms with van der Waals surface area (Å²) in [6.07, 6.45) is 12.4. The highest BCUT2D eigenvalue weighted by Crippen LogP contribution is 2.76. The maximum absolute atomic E-state index is 12.8. The van der Waals surface area contributed by atoms with Crippen molar-refractivity contribution in [1.29, 1.82) is 0 Å². The molecule has 0 aromatic carbocycles. The molecule has 4 fully saturated rings. The minimum Gasteiger partial charge on any atom is -0.462 e. The summed E-state index contributed by atoms with van der Waals surface area (Å²) >= 11 is 0. The SMILES string of the molecule is C/C=C/C(=O)OC[C@@]12C(CC(C)(C)[C@@H](O)[C@@H]1O)C1=CCC3[C@@]4(C)CC[C@H](OC(=O)/C=C/C)[C@](C)(COC(=O)/C=C/C)C4CC[C@@]3(C)[C@]1(C)C[C@H]2O. The van der Waals surface area contributed by atoms with Gasteiger partial charge in [0.2, 0.25) is 0 Å². The Bertz CT molecular complexity index is 1490. The van der Waals surface area contributed by atoms with Gasteiger partial charge >= 0.3 is 17.9 Å². The molecule has 284 valence electrons. The highest BCUT2D eigenvalue weighted by Gasteiger charge is 2.73. The number of ether oxygens (including phenoxy) is 3. The first-order valence-electron chi connectivity index (χ1n) is 19.0. The number of carbonyl (C=O) groups is 3. The molecule has 0 aromatic heterocycles. The van der Waals surface area contributed by atoms with Gasteiger partial charge in [0.25, 0.3) is 0 Å². The van der Waals surface area contributed by atoms with Crippen molar-refractivity contribution in [3.8, 4) is 0 Å². The van der Waals surface area contributed by atoms with Crippen LogP contribution in [-0.2, 0) is 28.6 Å². The number of hydrogen-bond donors (Lipinski definition) is 3. The molecule has 0 aromatic rings. The summed E-state index contributed by atoms with van der Waals surface area (Å²) in [6, 6.07) is 0. The molecule has 3 unspecified atom stereocenters. The monoisotopic (exact) mass is 710 g/mol. The van der Waals surface area contributed by atoms with Crippen LogP contribution >= 0.6 is 0 Å². The van der Waals surface area contributed by atoms with Crippen LogP contribution in [0.25, 0.3) is 0 Å². The van der Waals surface area contributed by atoms with Crippen LogP contribution in [0.3, 0.4) is 0 Å². The number of aliphatic hydroxyl groups is 3. The topological polar surface area (TPSA) is 140 Å². The van der Waals surface area contributed by atoms with E-state index in [0.717, 1.165) is 25.7 Å².